The van der Waals surface area contributed by atoms with Gasteiger partial charge in [-0.3, -0.25) is 0 Å². The number of hydrogen-bond donors (Lipinski definition) is 3. The predicted molar refractivity (Wildman–Crippen MR) is 79.4 cm³/mol. The van der Waals surface area contributed by atoms with Crippen molar-refractivity contribution >= 4 is 10.0 Å². The number of aliphatic hydroxyl groups is 1. The van der Waals surface area contributed by atoms with Gasteiger partial charge >= 0.3 is 0 Å². The minimum Gasteiger partial charge on any atom is -0.508 e. The Morgan fingerprint density at radius 2 is 1.62 bits per heavy atom. The Morgan fingerprint density at radius 1 is 1.05 bits per heavy atom. The third-order valence-corrected chi connectivity index (χ3v) is 4.52. The summed E-state index contributed by atoms with van der Waals surface area (Å²) in [6, 6.07) is 12.4. The molecule has 0 aromatic heterocycles. The molecule has 0 spiro atoms. The first-order valence-corrected chi connectivity index (χ1v) is 7.90. The maximum atomic E-state index is 12.1. The summed E-state index contributed by atoms with van der Waals surface area (Å²) in [7, 11) is -3.65. The highest BCUT2D eigenvalue weighted by molar-refractivity contribution is 7.89. The van der Waals surface area contributed by atoms with Gasteiger partial charge in [0.15, 0.2) is 0 Å². The molecule has 112 valence electrons. The van der Waals surface area contributed by atoms with Crippen LogP contribution in [0.4, 0.5) is 0 Å². The monoisotopic (exact) mass is 307 g/mol. The van der Waals surface area contributed by atoms with Crippen LogP contribution in [-0.4, -0.2) is 25.2 Å². The Hall–Kier alpha value is -1.89. The van der Waals surface area contributed by atoms with Gasteiger partial charge < -0.3 is 10.2 Å². The van der Waals surface area contributed by atoms with Crippen LogP contribution in [0.3, 0.4) is 0 Å². The normalized spacial score (nSPS) is 13.0. The fraction of sp³-hybridized carbons (Fsp3) is 0.200. The van der Waals surface area contributed by atoms with Crippen molar-refractivity contribution in [2.75, 3.05) is 6.54 Å². The Bertz CT molecular complexity index is 693. The topological polar surface area (TPSA) is 86.6 Å². The fourth-order valence-corrected chi connectivity index (χ4v) is 2.84. The first kappa shape index (κ1) is 15.5. The molecule has 2 rings (SSSR count). The van der Waals surface area contributed by atoms with Crippen molar-refractivity contribution in [3.05, 3.63) is 59.7 Å². The first-order chi connectivity index (χ1) is 9.88. The molecule has 0 saturated carbocycles. The molecule has 1 atom stereocenters. The minimum atomic E-state index is -3.65. The fourth-order valence-electron chi connectivity index (χ4n) is 1.80. The van der Waals surface area contributed by atoms with E-state index in [1.54, 1.807) is 24.3 Å². The van der Waals surface area contributed by atoms with Crippen LogP contribution in [0.25, 0.3) is 0 Å². The summed E-state index contributed by atoms with van der Waals surface area (Å²) in [6.45, 7) is 1.74. The Balaban J connectivity index is 2.04. The van der Waals surface area contributed by atoms with Gasteiger partial charge in [-0.05, 0) is 36.8 Å². The molecule has 2 aromatic rings. The lowest BCUT2D eigenvalue weighted by atomic mass is 10.1. The van der Waals surface area contributed by atoms with Crippen LogP contribution < -0.4 is 4.72 Å². The molecule has 0 bridgehead atoms. The first-order valence-electron chi connectivity index (χ1n) is 6.42. The standard InChI is InChI=1S/C15H17NO4S/c1-11-2-8-14(9-3-11)21(19,20)16-10-15(18)12-4-6-13(17)7-5-12/h2-9,15-18H,10H2,1H3. The van der Waals surface area contributed by atoms with Gasteiger partial charge in [0, 0.05) is 6.54 Å². The van der Waals surface area contributed by atoms with Crippen molar-refractivity contribution in [1.29, 1.82) is 0 Å². The smallest absolute Gasteiger partial charge is 0.240 e. The van der Waals surface area contributed by atoms with Gasteiger partial charge in [-0.25, -0.2) is 13.1 Å². The third kappa shape index (κ3) is 4.04. The van der Waals surface area contributed by atoms with Gasteiger partial charge in [0.2, 0.25) is 10.0 Å². The molecule has 2 aromatic carbocycles. The van der Waals surface area contributed by atoms with E-state index in [4.69, 9.17) is 0 Å². The van der Waals surface area contributed by atoms with E-state index in [0.717, 1.165) is 5.56 Å². The second-order valence-electron chi connectivity index (χ2n) is 4.77. The number of rotatable bonds is 5. The number of aromatic hydroxyl groups is 1. The summed E-state index contributed by atoms with van der Waals surface area (Å²) in [5, 5.41) is 19.1. The van der Waals surface area contributed by atoms with Crippen LogP contribution in [0.2, 0.25) is 0 Å². The molecule has 21 heavy (non-hydrogen) atoms. The van der Waals surface area contributed by atoms with Crippen molar-refractivity contribution < 1.29 is 18.6 Å². The van der Waals surface area contributed by atoms with Gasteiger partial charge in [0.1, 0.15) is 5.75 Å². The van der Waals surface area contributed by atoms with Crippen LogP contribution in [0.15, 0.2) is 53.4 Å². The molecule has 5 nitrogen and oxygen atoms in total. The average molecular weight is 307 g/mol. The zero-order valence-electron chi connectivity index (χ0n) is 11.5. The minimum absolute atomic E-state index is 0.0891. The van der Waals surface area contributed by atoms with Crippen LogP contribution >= 0.6 is 0 Å². The van der Waals surface area contributed by atoms with Crippen molar-refractivity contribution in [1.82, 2.24) is 4.72 Å². The number of aryl methyl sites for hydroxylation is 1. The lowest BCUT2D eigenvalue weighted by Crippen LogP contribution is -2.28. The molecule has 3 N–H and O–H groups in total. The van der Waals surface area contributed by atoms with Crippen LogP contribution in [0.5, 0.6) is 5.75 Å². The Morgan fingerprint density at radius 3 is 2.19 bits per heavy atom. The quantitative estimate of drug-likeness (QED) is 0.785. The second kappa shape index (κ2) is 6.26. The van der Waals surface area contributed by atoms with Crippen LogP contribution in [-0.2, 0) is 10.0 Å². The van der Waals surface area contributed by atoms with Crippen LogP contribution in [0, 0.1) is 6.92 Å². The summed E-state index contributed by atoms with van der Waals surface area (Å²) in [6.07, 6.45) is -0.981. The van der Waals surface area contributed by atoms with Gasteiger partial charge in [-0.1, -0.05) is 29.8 Å². The van der Waals surface area contributed by atoms with Gasteiger partial charge in [-0.2, -0.15) is 0 Å². The van der Waals surface area contributed by atoms with Crippen molar-refractivity contribution in [2.45, 2.75) is 17.9 Å². The molecule has 1 unspecified atom stereocenters. The van der Waals surface area contributed by atoms with Crippen molar-refractivity contribution in [3.8, 4) is 5.75 Å². The highest BCUT2D eigenvalue weighted by atomic mass is 32.2. The molecular formula is C15H17NO4S. The Labute approximate surface area is 123 Å². The maximum absolute atomic E-state index is 12.1. The average Bonchev–Trinajstić information content (AvgIpc) is 2.46. The third-order valence-electron chi connectivity index (χ3n) is 3.08. The molecular weight excluding hydrogens is 290 g/mol. The van der Waals surface area contributed by atoms with Crippen molar-refractivity contribution in [2.24, 2.45) is 0 Å². The molecule has 0 fully saturated rings. The largest absolute Gasteiger partial charge is 0.508 e. The van der Waals surface area contributed by atoms with E-state index in [2.05, 4.69) is 4.72 Å². The molecule has 0 aliphatic heterocycles. The number of hydrogen-bond acceptors (Lipinski definition) is 4. The molecule has 6 heteroatoms. The molecule has 0 heterocycles. The second-order valence-corrected chi connectivity index (χ2v) is 6.54. The van der Waals surface area contributed by atoms with Gasteiger partial charge in [0.25, 0.3) is 0 Å². The number of sulfonamides is 1. The number of phenols is 1. The summed E-state index contributed by atoms with van der Waals surface area (Å²) in [5.74, 6) is 0.0891. The number of nitrogens with one attached hydrogen (secondary N) is 1. The lowest BCUT2D eigenvalue weighted by Gasteiger charge is -2.13. The van der Waals surface area contributed by atoms with Gasteiger partial charge in [-0.15, -0.1) is 0 Å². The van der Waals surface area contributed by atoms with Gasteiger partial charge in [0.05, 0.1) is 11.0 Å². The van der Waals surface area contributed by atoms with E-state index in [1.807, 2.05) is 6.92 Å². The highest BCUT2D eigenvalue weighted by Gasteiger charge is 2.16. The van der Waals surface area contributed by atoms with E-state index >= 15 is 0 Å². The summed E-state index contributed by atoms with van der Waals surface area (Å²) in [4.78, 5) is 0.158. The lowest BCUT2D eigenvalue weighted by molar-refractivity contribution is 0.182. The van der Waals surface area contributed by atoms with E-state index in [-0.39, 0.29) is 17.2 Å². The Kier molecular flexibility index (Phi) is 4.62. The maximum Gasteiger partial charge on any atom is 0.240 e. The zero-order valence-corrected chi connectivity index (χ0v) is 12.3. The van der Waals surface area contributed by atoms with E-state index in [0.29, 0.717) is 5.56 Å². The highest BCUT2D eigenvalue weighted by Crippen LogP contribution is 2.17. The number of aliphatic hydroxyl groups excluding tert-OH is 1. The van der Waals surface area contributed by atoms with E-state index in [9.17, 15) is 18.6 Å². The van der Waals surface area contributed by atoms with E-state index in [1.165, 1.54) is 24.3 Å². The summed E-state index contributed by atoms with van der Waals surface area (Å²) < 4.78 is 26.5. The number of benzene rings is 2. The molecule has 0 amide bonds. The number of phenolic OH excluding ortho intramolecular Hbond substituents is 1. The van der Waals surface area contributed by atoms with E-state index < -0.39 is 16.1 Å². The SMILES string of the molecule is Cc1ccc(S(=O)(=O)NCC(O)c2ccc(O)cc2)cc1. The molecule has 0 saturated heterocycles. The predicted octanol–water partition coefficient (Wildman–Crippen LogP) is 1.71. The summed E-state index contributed by atoms with van der Waals surface area (Å²) >= 11 is 0. The molecule has 0 aliphatic carbocycles. The van der Waals surface area contributed by atoms with Crippen molar-refractivity contribution in [3.63, 3.8) is 0 Å². The summed E-state index contributed by atoms with van der Waals surface area (Å²) in [5.41, 5.74) is 1.50. The van der Waals surface area contributed by atoms with Crippen LogP contribution in [0.1, 0.15) is 17.2 Å². The molecule has 0 aliphatic rings. The zero-order chi connectivity index (χ0) is 15.5. The molecule has 0 radical (unpaired) electrons.